The molecule has 0 spiro atoms. The lowest BCUT2D eigenvalue weighted by Gasteiger charge is -2.25. The van der Waals surface area contributed by atoms with Gasteiger partial charge in [0, 0.05) is 29.8 Å². The van der Waals surface area contributed by atoms with Crippen molar-refractivity contribution in [3.8, 4) is 0 Å². The van der Waals surface area contributed by atoms with Crippen LogP contribution in [0, 0.1) is 5.92 Å². The number of aliphatic carboxylic acids is 1. The van der Waals surface area contributed by atoms with Gasteiger partial charge in [0.2, 0.25) is 17.7 Å². The van der Waals surface area contributed by atoms with Gasteiger partial charge in [-0.25, -0.2) is 9.78 Å². The smallest absolute Gasteiger partial charge is 0.327 e. The van der Waals surface area contributed by atoms with Crippen LogP contribution in [0.4, 0.5) is 0 Å². The van der Waals surface area contributed by atoms with Gasteiger partial charge in [-0.2, -0.15) is 25.3 Å². The van der Waals surface area contributed by atoms with E-state index in [2.05, 4.69) is 51.2 Å². The minimum absolute atomic E-state index is 0.0239. The first-order valence-corrected chi connectivity index (χ1v) is 11.0. The molecule has 0 saturated carbocycles. The molecule has 11 nitrogen and oxygen atoms in total. The van der Waals surface area contributed by atoms with Crippen LogP contribution in [-0.4, -0.2) is 74.4 Å². The first-order chi connectivity index (χ1) is 14.6. The number of carbonyl (C=O) groups is 4. The zero-order valence-electron chi connectivity index (χ0n) is 17.4. The third kappa shape index (κ3) is 8.42. The number of hydrogen-bond donors (Lipinski definition) is 8. The maximum Gasteiger partial charge on any atom is 0.327 e. The number of carboxylic acids is 1. The summed E-state index contributed by atoms with van der Waals surface area (Å²) >= 11 is 8.03. The van der Waals surface area contributed by atoms with Gasteiger partial charge in [0.05, 0.1) is 12.4 Å². The van der Waals surface area contributed by atoms with Gasteiger partial charge in [0.15, 0.2) is 0 Å². The number of nitrogens with zero attached hydrogens (tertiary/aromatic N) is 1. The highest BCUT2D eigenvalue weighted by Crippen LogP contribution is 2.06. The summed E-state index contributed by atoms with van der Waals surface area (Å²) in [5.74, 6) is -3.38. The Bertz CT molecular complexity index is 748. The van der Waals surface area contributed by atoms with E-state index in [0.717, 1.165) is 0 Å². The zero-order valence-corrected chi connectivity index (χ0v) is 19.2. The van der Waals surface area contributed by atoms with Crippen molar-refractivity contribution in [2.45, 2.75) is 50.9 Å². The van der Waals surface area contributed by atoms with Crippen LogP contribution in [0.25, 0.3) is 0 Å². The summed E-state index contributed by atoms with van der Waals surface area (Å²) in [6.07, 6.45) is 3.60. The number of aromatic nitrogens is 2. The number of carboxylic acid groups (broad SMARTS) is 1. The Labute approximate surface area is 191 Å². The lowest BCUT2D eigenvalue weighted by atomic mass is 9.99. The standard InChI is InChI=1S/C18H30N6O5S2/c1-3-9(2)14(19)17(27)23-12(6-30)16(26)22-11(4-10-5-20-8-21-10)15(25)24-13(7-31)18(28)29/h5,8-9,11-14,30-31H,3-4,6-7,19H2,1-2H3,(H,20,21)(H,22,26)(H,23,27)(H,24,25)(H,28,29). The van der Waals surface area contributed by atoms with Gasteiger partial charge in [0.25, 0.3) is 0 Å². The SMILES string of the molecule is CCC(C)C(N)C(=O)NC(CS)C(=O)NC(Cc1cnc[nH]1)C(=O)NC(CS)C(=O)O. The molecule has 5 atom stereocenters. The number of hydrogen-bond acceptors (Lipinski definition) is 8. The highest BCUT2D eigenvalue weighted by molar-refractivity contribution is 7.80. The molecule has 13 heteroatoms. The van der Waals surface area contributed by atoms with Gasteiger partial charge in [-0.1, -0.05) is 20.3 Å². The molecule has 1 aromatic heterocycles. The molecule has 0 aliphatic heterocycles. The topological polar surface area (TPSA) is 179 Å². The van der Waals surface area contributed by atoms with E-state index >= 15 is 0 Å². The van der Waals surface area contributed by atoms with Gasteiger partial charge in [-0.15, -0.1) is 0 Å². The predicted molar refractivity (Wildman–Crippen MR) is 121 cm³/mol. The van der Waals surface area contributed by atoms with Crippen LogP contribution in [-0.2, 0) is 25.6 Å². The van der Waals surface area contributed by atoms with E-state index in [1.165, 1.54) is 12.5 Å². The van der Waals surface area contributed by atoms with Crippen molar-refractivity contribution in [1.82, 2.24) is 25.9 Å². The molecule has 1 rings (SSSR count). The number of amides is 3. The molecule has 0 bridgehead atoms. The van der Waals surface area contributed by atoms with Crippen molar-refractivity contribution in [1.29, 1.82) is 0 Å². The Kier molecular flexibility index (Phi) is 11.4. The second kappa shape index (κ2) is 13.2. The normalized spacial score (nSPS) is 15.8. The molecule has 0 aliphatic carbocycles. The Balaban J connectivity index is 2.92. The van der Waals surface area contributed by atoms with Gasteiger partial charge in [-0.3, -0.25) is 14.4 Å². The molecule has 0 saturated heterocycles. The van der Waals surface area contributed by atoms with Crippen molar-refractivity contribution < 1.29 is 24.3 Å². The molecule has 0 fully saturated rings. The third-order valence-electron chi connectivity index (χ3n) is 4.78. The van der Waals surface area contributed by atoms with Crippen molar-refractivity contribution in [2.75, 3.05) is 11.5 Å². The third-order valence-corrected chi connectivity index (χ3v) is 5.51. The maximum absolute atomic E-state index is 12.8. The molecule has 1 heterocycles. The number of H-pyrrole nitrogens is 1. The van der Waals surface area contributed by atoms with Gasteiger partial charge < -0.3 is 31.8 Å². The van der Waals surface area contributed by atoms with Crippen LogP contribution in [0.5, 0.6) is 0 Å². The van der Waals surface area contributed by atoms with Crippen LogP contribution < -0.4 is 21.7 Å². The summed E-state index contributed by atoms with van der Waals surface area (Å²) in [4.78, 5) is 55.6. The van der Waals surface area contributed by atoms with E-state index in [1.54, 1.807) is 0 Å². The first kappa shape index (κ1) is 26.8. The van der Waals surface area contributed by atoms with Crippen molar-refractivity contribution in [3.63, 3.8) is 0 Å². The lowest BCUT2D eigenvalue weighted by molar-refractivity contribution is -0.141. The van der Waals surface area contributed by atoms with Crippen molar-refractivity contribution >= 4 is 48.9 Å². The fourth-order valence-corrected chi connectivity index (χ4v) is 3.03. The van der Waals surface area contributed by atoms with E-state index in [-0.39, 0.29) is 23.8 Å². The van der Waals surface area contributed by atoms with Gasteiger partial charge in [-0.05, 0) is 5.92 Å². The van der Waals surface area contributed by atoms with Gasteiger partial charge in [0.1, 0.15) is 18.1 Å². The fraction of sp³-hybridized carbons (Fsp3) is 0.611. The number of imidazole rings is 1. The van der Waals surface area contributed by atoms with E-state index in [4.69, 9.17) is 10.8 Å². The van der Waals surface area contributed by atoms with Crippen LogP contribution in [0.3, 0.4) is 0 Å². The molecular weight excluding hydrogens is 444 g/mol. The maximum atomic E-state index is 12.8. The molecule has 1 aromatic rings. The van der Waals surface area contributed by atoms with E-state index in [0.29, 0.717) is 12.1 Å². The van der Waals surface area contributed by atoms with E-state index in [9.17, 15) is 19.2 Å². The highest BCUT2D eigenvalue weighted by Gasteiger charge is 2.30. The molecule has 3 amide bonds. The molecule has 5 unspecified atom stereocenters. The Morgan fingerprint density at radius 3 is 2.10 bits per heavy atom. The quantitative estimate of drug-likeness (QED) is 0.164. The average molecular weight is 475 g/mol. The van der Waals surface area contributed by atoms with Gasteiger partial charge >= 0.3 is 5.97 Å². The van der Waals surface area contributed by atoms with Crippen LogP contribution in [0.15, 0.2) is 12.5 Å². The highest BCUT2D eigenvalue weighted by atomic mass is 32.1. The van der Waals surface area contributed by atoms with Crippen LogP contribution in [0.1, 0.15) is 26.0 Å². The lowest BCUT2D eigenvalue weighted by Crippen LogP contribution is -2.58. The largest absolute Gasteiger partial charge is 0.480 e. The summed E-state index contributed by atoms with van der Waals surface area (Å²) in [5, 5.41) is 16.6. The Morgan fingerprint density at radius 1 is 1.06 bits per heavy atom. The minimum atomic E-state index is -1.26. The monoisotopic (exact) mass is 474 g/mol. The van der Waals surface area contributed by atoms with E-state index in [1.807, 2.05) is 13.8 Å². The summed E-state index contributed by atoms with van der Waals surface area (Å²) < 4.78 is 0. The molecule has 7 N–H and O–H groups in total. The van der Waals surface area contributed by atoms with E-state index < -0.39 is 47.9 Å². The number of aromatic amines is 1. The molecule has 0 aromatic carbocycles. The van der Waals surface area contributed by atoms with Crippen LogP contribution >= 0.6 is 25.3 Å². The molecule has 0 aliphatic rings. The summed E-state index contributed by atoms with van der Waals surface area (Å²) in [6.45, 7) is 3.72. The number of nitrogens with two attached hydrogens (primary N) is 1. The molecular formula is C18H30N6O5S2. The fourth-order valence-electron chi connectivity index (χ4n) is 2.53. The Hall–Kier alpha value is -2.25. The number of thiol groups is 2. The molecule has 0 radical (unpaired) electrons. The summed E-state index contributed by atoms with van der Waals surface area (Å²) in [5.41, 5.74) is 6.45. The number of rotatable bonds is 13. The Morgan fingerprint density at radius 2 is 1.61 bits per heavy atom. The van der Waals surface area contributed by atoms with Crippen molar-refractivity contribution in [3.05, 3.63) is 18.2 Å². The van der Waals surface area contributed by atoms with Crippen LogP contribution in [0.2, 0.25) is 0 Å². The molecule has 31 heavy (non-hydrogen) atoms. The predicted octanol–water partition coefficient (Wildman–Crippen LogP) is -1.28. The zero-order chi connectivity index (χ0) is 23.6. The second-order valence-electron chi connectivity index (χ2n) is 7.08. The second-order valence-corrected chi connectivity index (χ2v) is 7.81. The average Bonchev–Trinajstić information content (AvgIpc) is 3.26. The number of nitrogens with one attached hydrogen (secondary N) is 4. The summed E-state index contributed by atoms with van der Waals surface area (Å²) in [7, 11) is 0. The summed E-state index contributed by atoms with van der Waals surface area (Å²) in [6, 6.07) is -4.19. The molecule has 174 valence electrons. The van der Waals surface area contributed by atoms with Crippen molar-refractivity contribution in [2.24, 2.45) is 11.7 Å². The minimum Gasteiger partial charge on any atom is -0.480 e. The number of carbonyl (C=O) groups excluding carboxylic acids is 3. The first-order valence-electron chi connectivity index (χ1n) is 9.72.